The van der Waals surface area contributed by atoms with Crippen LogP contribution in [0.1, 0.15) is 40.7 Å². The number of carbonyl (C=O) groups excluding carboxylic acids is 1. The molecule has 2 fully saturated rings. The topological polar surface area (TPSA) is 56.6 Å². The lowest BCUT2D eigenvalue weighted by atomic mass is 9.84. The Morgan fingerprint density at radius 1 is 1.29 bits per heavy atom. The van der Waals surface area contributed by atoms with Crippen molar-refractivity contribution in [1.29, 1.82) is 0 Å². The van der Waals surface area contributed by atoms with Gasteiger partial charge in [-0.15, -0.1) is 0 Å². The van der Waals surface area contributed by atoms with Gasteiger partial charge in [0.15, 0.2) is 0 Å². The minimum atomic E-state index is -0.413. The van der Waals surface area contributed by atoms with E-state index >= 15 is 0 Å². The number of nitrogens with zero attached hydrogens (tertiary/aromatic N) is 3. The monoisotopic (exact) mass is 291 g/mol. The Kier molecular flexibility index (Phi) is 3.18. The molecule has 7 heteroatoms. The zero-order valence-electron chi connectivity index (χ0n) is 13.3. The maximum absolute atomic E-state index is 11.3. The van der Waals surface area contributed by atoms with Crippen molar-refractivity contribution in [2.45, 2.75) is 51.9 Å². The van der Waals surface area contributed by atoms with Gasteiger partial charge in [0.2, 0.25) is 5.91 Å². The van der Waals surface area contributed by atoms with Gasteiger partial charge in [0.05, 0.1) is 22.8 Å². The molecular formula is C14H22BN3O3. The molecular weight excluding hydrogens is 269 g/mol. The molecule has 2 aliphatic heterocycles. The normalized spacial score (nSPS) is 24.2. The summed E-state index contributed by atoms with van der Waals surface area (Å²) in [6, 6.07) is 2.14. The second-order valence-electron chi connectivity index (χ2n) is 6.87. The lowest BCUT2D eigenvalue weighted by Gasteiger charge is -2.39. The van der Waals surface area contributed by atoms with Gasteiger partial charge in [0, 0.05) is 26.2 Å². The molecule has 2 saturated heterocycles. The number of likely N-dealkylation sites (tertiary alicyclic amines) is 1. The van der Waals surface area contributed by atoms with Crippen LogP contribution >= 0.6 is 0 Å². The Morgan fingerprint density at radius 2 is 1.86 bits per heavy atom. The molecule has 21 heavy (non-hydrogen) atoms. The first kappa shape index (κ1) is 14.6. The summed E-state index contributed by atoms with van der Waals surface area (Å²) in [7, 11) is -0.413. The predicted octanol–water partition coefficient (Wildman–Crippen LogP) is 0.585. The van der Waals surface area contributed by atoms with Crippen LogP contribution in [0, 0.1) is 0 Å². The molecule has 6 nitrogen and oxygen atoms in total. The molecule has 0 N–H and O–H groups in total. The molecule has 0 saturated carbocycles. The van der Waals surface area contributed by atoms with Crippen LogP contribution in [-0.4, -0.2) is 52.0 Å². The molecule has 1 aromatic heterocycles. The number of hydrogen-bond acceptors (Lipinski definition) is 4. The van der Waals surface area contributed by atoms with E-state index in [-0.39, 0.29) is 23.2 Å². The highest BCUT2D eigenvalue weighted by Gasteiger charge is 2.53. The van der Waals surface area contributed by atoms with Gasteiger partial charge in [0.25, 0.3) is 0 Å². The van der Waals surface area contributed by atoms with E-state index in [1.807, 2.05) is 38.4 Å². The fourth-order valence-electron chi connectivity index (χ4n) is 2.65. The fourth-order valence-corrected chi connectivity index (χ4v) is 2.65. The molecule has 0 atom stereocenters. The third kappa shape index (κ3) is 2.28. The summed E-state index contributed by atoms with van der Waals surface area (Å²) in [5.41, 5.74) is 0.192. The van der Waals surface area contributed by atoms with Crippen LogP contribution in [0.3, 0.4) is 0 Å². The van der Waals surface area contributed by atoms with Gasteiger partial charge in [-0.25, -0.2) is 0 Å². The van der Waals surface area contributed by atoms with E-state index in [0.29, 0.717) is 13.1 Å². The summed E-state index contributed by atoms with van der Waals surface area (Å²) < 4.78 is 14.1. The lowest BCUT2D eigenvalue weighted by Crippen LogP contribution is -2.54. The van der Waals surface area contributed by atoms with Crippen molar-refractivity contribution < 1.29 is 14.1 Å². The largest absolute Gasteiger partial charge is 0.514 e. The van der Waals surface area contributed by atoms with Gasteiger partial charge >= 0.3 is 7.12 Å². The van der Waals surface area contributed by atoms with Gasteiger partial charge < -0.3 is 14.2 Å². The van der Waals surface area contributed by atoms with Crippen molar-refractivity contribution in [2.24, 2.45) is 0 Å². The highest BCUT2D eigenvalue weighted by molar-refractivity contribution is 6.61. The Labute approximate surface area is 125 Å². The molecule has 0 bridgehead atoms. The van der Waals surface area contributed by atoms with Crippen molar-refractivity contribution in [1.82, 2.24) is 14.7 Å². The quantitative estimate of drug-likeness (QED) is 0.748. The molecule has 2 aliphatic rings. The fraction of sp³-hybridized carbons (Fsp3) is 0.714. The number of amides is 1. The highest BCUT2D eigenvalue weighted by atomic mass is 16.7. The zero-order valence-corrected chi connectivity index (χ0v) is 13.3. The third-order valence-corrected chi connectivity index (χ3v) is 4.85. The average molecular weight is 291 g/mol. The molecule has 0 spiro atoms. The Balaban J connectivity index is 1.77. The van der Waals surface area contributed by atoms with Crippen molar-refractivity contribution >= 4 is 18.6 Å². The van der Waals surface area contributed by atoms with Gasteiger partial charge in [-0.1, -0.05) is 0 Å². The number of aromatic nitrogens is 2. The van der Waals surface area contributed by atoms with Gasteiger partial charge in [-0.3, -0.25) is 9.48 Å². The predicted molar refractivity (Wildman–Crippen MR) is 79.2 cm³/mol. The average Bonchev–Trinajstić information content (AvgIpc) is 2.80. The van der Waals surface area contributed by atoms with Crippen LogP contribution in [0.15, 0.2) is 12.3 Å². The van der Waals surface area contributed by atoms with Crippen LogP contribution in [0.5, 0.6) is 0 Å². The van der Waals surface area contributed by atoms with Crippen molar-refractivity contribution in [2.75, 3.05) is 13.1 Å². The van der Waals surface area contributed by atoms with Crippen molar-refractivity contribution in [3.63, 3.8) is 0 Å². The summed E-state index contributed by atoms with van der Waals surface area (Å²) in [5, 5.41) is 4.39. The number of rotatable bonds is 2. The second-order valence-corrected chi connectivity index (χ2v) is 6.87. The first-order chi connectivity index (χ1) is 9.71. The molecule has 0 unspecified atom stereocenters. The zero-order chi connectivity index (χ0) is 15.4. The van der Waals surface area contributed by atoms with Gasteiger partial charge in [-0.2, -0.15) is 5.10 Å². The third-order valence-electron chi connectivity index (χ3n) is 4.85. The van der Waals surface area contributed by atoms with E-state index in [4.69, 9.17) is 9.31 Å². The van der Waals surface area contributed by atoms with E-state index in [1.165, 1.54) is 0 Å². The van der Waals surface area contributed by atoms with Crippen LogP contribution < -0.4 is 5.59 Å². The standard InChI is InChI=1S/C14H22BN3O3/c1-10(19)17-8-11(9-17)18-12(6-7-16-18)15-20-13(2,3)14(4,5)21-15/h6-7,11H,8-9H2,1-5H3. The molecule has 0 aliphatic carbocycles. The summed E-state index contributed by atoms with van der Waals surface area (Å²) in [5.74, 6) is 0.107. The Morgan fingerprint density at radius 3 is 2.38 bits per heavy atom. The number of hydrogen-bond donors (Lipinski definition) is 0. The van der Waals surface area contributed by atoms with Gasteiger partial charge in [0.1, 0.15) is 0 Å². The summed E-state index contributed by atoms with van der Waals surface area (Å²) in [4.78, 5) is 13.1. The highest BCUT2D eigenvalue weighted by Crippen LogP contribution is 2.36. The molecule has 0 aromatic carbocycles. The van der Waals surface area contributed by atoms with Crippen molar-refractivity contribution in [3.8, 4) is 0 Å². The molecule has 3 rings (SSSR count). The molecule has 114 valence electrons. The van der Waals surface area contributed by atoms with Crippen LogP contribution in [0.25, 0.3) is 0 Å². The first-order valence-electron chi connectivity index (χ1n) is 7.36. The molecule has 1 aromatic rings. The van der Waals surface area contributed by atoms with Crippen molar-refractivity contribution in [3.05, 3.63) is 12.3 Å². The Hall–Kier alpha value is -1.34. The minimum Gasteiger partial charge on any atom is -0.398 e. The van der Waals surface area contributed by atoms with Gasteiger partial charge in [-0.05, 0) is 33.8 Å². The van der Waals surface area contributed by atoms with Crippen LogP contribution in [-0.2, 0) is 14.1 Å². The van der Waals surface area contributed by atoms with E-state index < -0.39 is 7.12 Å². The van der Waals surface area contributed by atoms with E-state index in [0.717, 1.165) is 5.59 Å². The minimum absolute atomic E-state index is 0.107. The lowest BCUT2D eigenvalue weighted by molar-refractivity contribution is -0.134. The maximum Gasteiger partial charge on any atom is 0.514 e. The van der Waals surface area contributed by atoms with E-state index in [2.05, 4.69) is 5.10 Å². The van der Waals surface area contributed by atoms with E-state index in [9.17, 15) is 4.79 Å². The second kappa shape index (κ2) is 4.58. The summed E-state index contributed by atoms with van der Waals surface area (Å²) in [6.07, 6.45) is 1.76. The maximum atomic E-state index is 11.3. The van der Waals surface area contributed by atoms with Crippen LogP contribution in [0.4, 0.5) is 0 Å². The molecule has 3 heterocycles. The van der Waals surface area contributed by atoms with Crippen LogP contribution in [0.2, 0.25) is 0 Å². The van der Waals surface area contributed by atoms with E-state index in [1.54, 1.807) is 18.0 Å². The first-order valence-corrected chi connectivity index (χ1v) is 7.36. The number of carbonyl (C=O) groups is 1. The summed E-state index contributed by atoms with van der Waals surface area (Å²) in [6.45, 7) is 11.1. The molecule has 1 amide bonds. The SMILES string of the molecule is CC(=O)N1CC(n2nccc2B2OC(C)(C)C(C)(C)O2)C1. The molecule has 0 radical (unpaired) electrons. The Bertz CT molecular complexity index is 548. The summed E-state index contributed by atoms with van der Waals surface area (Å²) >= 11 is 0. The smallest absolute Gasteiger partial charge is 0.398 e.